The van der Waals surface area contributed by atoms with Gasteiger partial charge in [-0.25, -0.2) is 0 Å². The third kappa shape index (κ3) is 3.53. The molecular weight excluding hydrogens is 564 g/mol. The zero-order valence-corrected chi connectivity index (χ0v) is 26.6. The monoisotopic (exact) mass is 602 g/mol. The molecule has 2 aromatic carbocycles. The number of pyridine rings is 2. The second-order valence-electron chi connectivity index (χ2n) is 13.0. The smallest absolute Gasteiger partial charge is 0.258 e. The maximum Gasteiger partial charge on any atom is 0.258 e. The minimum absolute atomic E-state index is 0.156. The molecule has 232 valence electrons. The molecule has 0 spiro atoms. The molecule has 4 aromatic rings. The largest absolute Gasteiger partial charge is 0.493 e. The van der Waals surface area contributed by atoms with Crippen molar-refractivity contribution >= 4 is 21.8 Å². The Bertz CT molecular complexity index is 1890. The Morgan fingerprint density at radius 2 is 1.11 bits per heavy atom. The van der Waals surface area contributed by atoms with Crippen molar-refractivity contribution in [3.63, 3.8) is 0 Å². The van der Waals surface area contributed by atoms with Crippen molar-refractivity contribution in [3.8, 4) is 34.5 Å². The summed E-state index contributed by atoms with van der Waals surface area (Å²) in [7, 11) is 9.79. The summed E-state index contributed by atoms with van der Waals surface area (Å²) in [6.45, 7) is 6.22. The number of ether oxygens (including phenoxy) is 6. The molecule has 0 radical (unpaired) electrons. The summed E-state index contributed by atoms with van der Waals surface area (Å²) in [5, 5.41) is 1.56. The molecule has 1 saturated carbocycles. The van der Waals surface area contributed by atoms with Crippen LogP contribution in [0.5, 0.6) is 34.5 Å². The van der Waals surface area contributed by atoms with Gasteiger partial charge in [-0.15, -0.1) is 0 Å². The molecular formula is C34H38N2O8. The minimum Gasteiger partial charge on any atom is -0.493 e. The van der Waals surface area contributed by atoms with Crippen molar-refractivity contribution < 1.29 is 28.4 Å². The number of aromatic nitrogens is 2. The summed E-state index contributed by atoms with van der Waals surface area (Å²) in [6, 6.07) is 7.53. The number of aryl methyl sites for hydroxylation is 2. The quantitative estimate of drug-likeness (QED) is 0.321. The van der Waals surface area contributed by atoms with Crippen LogP contribution in [0, 0.1) is 5.92 Å². The molecule has 2 aliphatic heterocycles. The lowest BCUT2D eigenvalue weighted by molar-refractivity contribution is -0.0798. The van der Waals surface area contributed by atoms with E-state index in [-0.39, 0.29) is 28.9 Å². The zero-order chi connectivity index (χ0) is 31.5. The van der Waals surface area contributed by atoms with Crippen molar-refractivity contribution in [2.75, 3.05) is 28.4 Å². The van der Waals surface area contributed by atoms with E-state index in [0.29, 0.717) is 69.5 Å². The summed E-state index contributed by atoms with van der Waals surface area (Å²) in [6.07, 6.45) is 1.22. The topological polar surface area (TPSA) is 99.4 Å². The number of methoxy groups -OCH3 is 4. The van der Waals surface area contributed by atoms with E-state index >= 15 is 0 Å². The second kappa shape index (κ2) is 9.33. The summed E-state index contributed by atoms with van der Waals surface area (Å²) >= 11 is 0. The van der Waals surface area contributed by atoms with Crippen LogP contribution in [0.25, 0.3) is 21.8 Å². The SMILES string of the molecule is COc1ccc2c3c(c(=O)n(C)c2c1OC)[C@@H]1C[C@]2(C)C[C@@H](c4c(c5ccc(OC)c(OC)c5n(C)c4=O)O2)[C@@H]1C(C)(C)O3. The predicted octanol–water partition coefficient (Wildman–Crippen LogP) is 5.02. The number of hydrogen-bond acceptors (Lipinski definition) is 8. The lowest BCUT2D eigenvalue weighted by atomic mass is 9.56. The molecule has 0 saturated heterocycles. The van der Waals surface area contributed by atoms with Crippen LogP contribution < -0.4 is 39.5 Å². The molecule has 7 rings (SSSR count). The maximum atomic E-state index is 14.3. The van der Waals surface area contributed by atoms with Crippen LogP contribution in [-0.4, -0.2) is 48.8 Å². The van der Waals surface area contributed by atoms with Crippen LogP contribution >= 0.6 is 0 Å². The standard InChI is InChI=1S/C34H38N2O8/c1-33(2)24-18(22-27(43-33)16-10-12-20(39-6)29(41-8)25(16)35(4)31(22)37)14-34(3)15-19(24)23-28(44-34)17-11-13-21(40-7)30(42-9)26(17)36(5)32(23)38/h10-13,18-19,24H,14-15H2,1-9H3/t18-,19-,24+,34+/m0/s1. The lowest BCUT2D eigenvalue weighted by Crippen LogP contribution is -2.58. The molecule has 1 aliphatic carbocycles. The summed E-state index contributed by atoms with van der Waals surface area (Å²) in [5.74, 6) is 2.56. The molecule has 2 bridgehead atoms. The van der Waals surface area contributed by atoms with E-state index in [9.17, 15) is 9.59 Å². The second-order valence-corrected chi connectivity index (χ2v) is 13.0. The molecule has 3 aliphatic rings. The van der Waals surface area contributed by atoms with Crippen LogP contribution in [0.2, 0.25) is 0 Å². The van der Waals surface area contributed by atoms with Gasteiger partial charge in [0.2, 0.25) is 0 Å². The van der Waals surface area contributed by atoms with Crippen molar-refractivity contribution in [1.82, 2.24) is 9.13 Å². The van der Waals surface area contributed by atoms with Gasteiger partial charge in [0, 0.05) is 42.6 Å². The predicted molar refractivity (Wildman–Crippen MR) is 167 cm³/mol. The number of benzene rings is 2. The molecule has 44 heavy (non-hydrogen) atoms. The Hall–Kier alpha value is -4.34. The first kappa shape index (κ1) is 28.4. The number of fused-ring (bicyclic) bond motifs is 12. The van der Waals surface area contributed by atoms with Gasteiger partial charge in [0.25, 0.3) is 11.1 Å². The highest BCUT2D eigenvalue weighted by Gasteiger charge is 2.59. The summed E-state index contributed by atoms with van der Waals surface area (Å²) in [4.78, 5) is 28.6. The van der Waals surface area contributed by atoms with E-state index < -0.39 is 11.2 Å². The summed E-state index contributed by atoms with van der Waals surface area (Å²) in [5.41, 5.74) is 0.791. The van der Waals surface area contributed by atoms with Crippen LogP contribution in [0.4, 0.5) is 0 Å². The first-order valence-electron chi connectivity index (χ1n) is 14.8. The van der Waals surface area contributed by atoms with Gasteiger partial charge in [0.05, 0.1) is 39.6 Å². The van der Waals surface area contributed by atoms with Gasteiger partial charge in [-0.3, -0.25) is 9.59 Å². The number of rotatable bonds is 4. The molecule has 1 fully saturated rings. The van der Waals surface area contributed by atoms with E-state index in [1.165, 1.54) is 0 Å². The van der Waals surface area contributed by atoms with Gasteiger partial charge in [0.15, 0.2) is 23.0 Å². The van der Waals surface area contributed by atoms with Gasteiger partial charge < -0.3 is 37.6 Å². The minimum atomic E-state index is -0.720. The van der Waals surface area contributed by atoms with Gasteiger partial charge in [-0.2, -0.15) is 0 Å². The Labute approximate surface area is 255 Å². The molecule has 4 heterocycles. The zero-order valence-electron chi connectivity index (χ0n) is 26.6. The van der Waals surface area contributed by atoms with Gasteiger partial charge in [-0.1, -0.05) is 0 Å². The van der Waals surface area contributed by atoms with Crippen molar-refractivity contribution in [1.29, 1.82) is 0 Å². The Morgan fingerprint density at radius 3 is 1.52 bits per heavy atom. The van der Waals surface area contributed by atoms with Crippen LogP contribution in [-0.2, 0) is 14.1 Å². The highest BCUT2D eigenvalue weighted by molar-refractivity contribution is 5.95. The van der Waals surface area contributed by atoms with Gasteiger partial charge in [-0.05, 0) is 57.9 Å². The first-order chi connectivity index (χ1) is 20.9. The molecule has 0 amide bonds. The Morgan fingerprint density at radius 1 is 0.682 bits per heavy atom. The van der Waals surface area contributed by atoms with Crippen molar-refractivity contribution in [3.05, 3.63) is 56.1 Å². The van der Waals surface area contributed by atoms with E-state index in [2.05, 4.69) is 20.8 Å². The molecule has 2 aromatic heterocycles. The molecule has 4 atom stereocenters. The number of nitrogens with zero attached hydrogens (tertiary/aromatic N) is 2. The first-order valence-corrected chi connectivity index (χ1v) is 14.8. The Balaban J connectivity index is 1.51. The third-order valence-corrected chi connectivity index (χ3v) is 10.2. The average Bonchev–Trinajstić information content (AvgIpc) is 2.99. The normalized spacial score (nSPS) is 24.4. The van der Waals surface area contributed by atoms with Gasteiger partial charge in [0.1, 0.15) is 33.7 Å². The number of hydrogen-bond donors (Lipinski definition) is 0. The fourth-order valence-corrected chi connectivity index (χ4v) is 8.52. The fourth-order valence-electron chi connectivity index (χ4n) is 8.52. The lowest BCUT2D eigenvalue weighted by Gasteiger charge is -2.57. The average molecular weight is 603 g/mol. The molecule has 10 heteroatoms. The third-order valence-electron chi connectivity index (χ3n) is 10.2. The van der Waals surface area contributed by atoms with Crippen LogP contribution in [0.3, 0.4) is 0 Å². The Kier molecular flexibility index (Phi) is 6.03. The van der Waals surface area contributed by atoms with Crippen molar-refractivity contribution in [2.45, 2.75) is 56.7 Å². The van der Waals surface area contributed by atoms with E-state index in [1.54, 1.807) is 51.7 Å². The van der Waals surface area contributed by atoms with Gasteiger partial charge >= 0.3 is 0 Å². The fraction of sp³-hybridized carbons (Fsp3) is 0.471. The van der Waals surface area contributed by atoms with E-state index in [0.717, 1.165) is 10.8 Å². The molecule has 0 unspecified atom stereocenters. The molecule has 10 nitrogen and oxygen atoms in total. The highest BCUT2D eigenvalue weighted by Crippen LogP contribution is 2.63. The van der Waals surface area contributed by atoms with E-state index in [1.807, 2.05) is 24.3 Å². The van der Waals surface area contributed by atoms with Crippen LogP contribution in [0.15, 0.2) is 33.9 Å². The van der Waals surface area contributed by atoms with Crippen molar-refractivity contribution in [2.24, 2.45) is 20.0 Å². The molecule has 0 N–H and O–H groups in total. The van der Waals surface area contributed by atoms with Crippen LogP contribution in [0.1, 0.15) is 56.6 Å². The van der Waals surface area contributed by atoms with E-state index in [4.69, 9.17) is 28.4 Å². The summed E-state index contributed by atoms with van der Waals surface area (Å²) < 4.78 is 39.5. The highest BCUT2D eigenvalue weighted by atomic mass is 16.5. The maximum absolute atomic E-state index is 14.3.